The van der Waals surface area contributed by atoms with Gasteiger partial charge in [0.2, 0.25) is 0 Å². The zero-order valence-corrected chi connectivity index (χ0v) is 11.1. The lowest BCUT2D eigenvalue weighted by molar-refractivity contribution is 0.0687. The predicted octanol–water partition coefficient (Wildman–Crippen LogP) is 1.44. The average Bonchev–Trinajstić information content (AvgIpc) is 2.87. The van der Waals surface area contributed by atoms with Crippen LogP contribution in [0.15, 0.2) is 48.7 Å². The lowest BCUT2D eigenvalue weighted by atomic mass is 10.2. The molecule has 6 nitrogen and oxygen atoms in total. The van der Waals surface area contributed by atoms with Crippen molar-refractivity contribution in [2.45, 2.75) is 0 Å². The molecule has 1 amide bonds. The third-order valence-corrected chi connectivity index (χ3v) is 2.65. The molecule has 7 heteroatoms. The van der Waals surface area contributed by atoms with Gasteiger partial charge in [0.25, 0.3) is 5.91 Å². The fourth-order valence-electron chi connectivity index (χ4n) is 1.55. The van der Waals surface area contributed by atoms with Crippen molar-refractivity contribution in [1.82, 2.24) is 9.99 Å². The zero-order chi connectivity index (χ0) is 14.5. The first-order valence-electron chi connectivity index (χ1n) is 5.66. The SMILES string of the molecule is O=C(NC(=S)Nn1cccc1C(=O)O)c1ccccc1. The highest BCUT2D eigenvalue weighted by Crippen LogP contribution is 2.00. The van der Waals surface area contributed by atoms with Crippen LogP contribution in [-0.2, 0) is 0 Å². The molecule has 3 N–H and O–H groups in total. The number of nitrogens with zero attached hydrogens (tertiary/aromatic N) is 1. The molecule has 102 valence electrons. The van der Waals surface area contributed by atoms with Crippen LogP contribution in [0.25, 0.3) is 0 Å². The van der Waals surface area contributed by atoms with Gasteiger partial charge in [-0.25, -0.2) is 4.79 Å². The summed E-state index contributed by atoms with van der Waals surface area (Å²) in [4.78, 5) is 22.8. The number of carboxylic acids is 1. The number of nitrogens with one attached hydrogen (secondary N) is 2. The van der Waals surface area contributed by atoms with E-state index in [1.54, 1.807) is 36.4 Å². The number of hydrogen-bond donors (Lipinski definition) is 3. The van der Waals surface area contributed by atoms with Gasteiger partial charge in [0.1, 0.15) is 5.69 Å². The third-order valence-electron chi connectivity index (χ3n) is 2.45. The highest BCUT2D eigenvalue weighted by Gasteiger charge is 2.11. The number of aromatic carboxylic acids is 1. The minimum absolute atomic E-state index is 0.0116. The van der Waals surface area contributed by atoms with Crippen LogP contribution in [-0.4, -0.2) is 26.8 Å². The van der Waals surface area contributed by atoms with E-state index < -0.39 is 5.97 Å². The van der Waals surface area contributed by atoms with E-state index in [0.29, 0.717) is 5.56 Å². The molecule has 20 heavy (non-hydrogen) atoms. The summed E-state index contributed by atoms with van der Waals surface area (Å²) in [7, 11) is 0. The number of aromatic nitrogens is 1. The number of rotatable bonds is 3. The van der Waals surface area contributed by atoms with E-state index in [-0.39, 0.29) is 16.7 Å². The highest BCUT2D eigenvalue weighted by molar-refractivity contribution is 7.80. The van der Waals surface area contributed by atoms with Crippen molar-refractivity contribution in [3.8, 4) is 0 Å². The maximum atomic E-state index is 11.8. The van der Waals surface area contributed by atoms with Crippen LogP contribution in [0.3, 0.4) is 0 Å². The Morgan fingerprint density at radius 1 is 1.10 bits per heavy atom. The molecule has 0 fully saturated rings. The summed E-state index contributed by atoms with van der Waals surface area (Å²) in [5, 5.41) is 11.4. The molecule has 0 aliphatic rings. The smallest absolute Gasteiger partial charge is 0.354 e. The Labute approximate surface area is 120 Å². The van der Waals surface area contributed by atoms with Crippen LogP contribution in [0.2, 0.25) is 0 Å². The maximum absolute atomic E-state index is 11.8. The van der Waals surface area contributed by atoms with E-state index >= 15 is 0 Å². The Kier molecular flexibility index (Phi) is 4.11. The molecule has 2 rings (SSSR count). The molecule has 0 aliphatic heterocycles. The summed E-state index contributed by atoms with van der Waals surface area (Å²) in [5.74, 6) is -1.47. The lowest BCUT2D eigenvalue weighted by Gasteiger charge is -2.11. The van der Waals surface area contributed by atoms with Gasteiger partial charge in [-0.1, -0.05) is 18.2 Å². The number of hydrogen-bond acceptors (Lipinski definition) is 3. The van der Waals surface area contributed by atoms with Crippen LogP contribution in [0, 0.1) is 0 Å². The summed E-state index contributed by atoms with van der Waals surface area (Å²) in [5.41, 5.74) is 3.08. The Bertz CT molecular complexity index is 652. The normalized spacial score (nSPS) is 9.80. The van der Waals surface area contributed by atoms with Gasteiger partial charge in [0.15, 0.2) is 5.11 Å². The second-order valence-electron chi connectivity index (χ2n) is 3.83. The van der Waals surface area contributed by atoms with Gasteiger partial charge in [0.05, 0.1) is 0 Å². The van der Waals surface area contributed by atoms with Crippen molar-refractivity contribution in [3.05, 3.63) is 59.9 Å². The molecule has 2 aromatic rings. The summed E-state index contributed by atoms with van der Waals surface area (Å²) in [6.45, 7) is 0. The van der Waals surface area contributed by atoms with Crippen molar-refractivity contribution in [1.29, 1.82) is 0 Å². The Balaban J connectivity index is 2.01. The number of benzene rings is 1. The van der Waals surface area contributed by atoms with E-state index in [0.717, 1.165) is 0 Å². The molecule has 0 radical (unpaired) electrons. The molecular formula is C13H11N3O3S. The van der Waals surface area contributed by atoms with E-state index in [9.17, 15) is 9.59 Å². The fraction of sp³-hybridized carbons (Fsp3) is 0. The standard InChI is InChI=1S/C13H11N3O3S/c17-11(9-5-2-1-3-6-9)14-13(20)15-16-8-4-7-10(16)12(18)19/h1-8H,(H,18,19)(H2,14,15,17,20). The van der Waals surface area contributed by atoms with Gasteiger partial charge >= 0.3 is 5.97 Å². The first-order valence-corrected chi connectivity index (χ1v) is 6.07. The second-order valence-corrected chi connectivity index (χ2v) is 4.24. The molecule has 1 heterocycles. The van der Waals surface area contributed by atoms with Gasteiger partial charge < -0.3 is 5.11 Å². The molecule has 0 bridgehead atoms. The lowest BCUT2D eigenvalue weighted by Crippen LogP contribution is -2.38. The van der Waals surface area contributed by atoms with Crippen molar-refractivity contribution in [2.24, 2.45) is 0 Å². The van der Waals surface area contributed by atoms with Crippen LogP contribution < -0.4 is 10.7 Å². The third kappa shape index (κ3) is 3.21. The number of carbonyl (C=O) groups is 2. The molecule has 0 saturated heterocycles. The maximum Gasteiger partial charge on any atom is 0.354 e. The van der Waals surface area contributed by atoms with Gasteiger partial charge in [-0.15, -0.1) is 0 Å². The fourth-order valence-corrected chi connectivity index (χ4v) is 1.75. The van der Waals surface area contributed by atoms with Crippen molar-refractivity contribution in [3.63, 3.8) is 0 Å². The van der Waals surface area contributed by atoms with Crippen LogP contribution in [0.4, 0.5) is 0 Å². The number of amides is 1. The second kappa shape index (κ2) is 5.98. The topological polar surface area (TPSA) is 83.4 Å². The van der Waals surface area contributed by atoms with Crippen LogP contribution >= 0.6 is 12.2 Å². The van der Waals surface area contributed by atoms with Gasteiger partial charge in [-0.2, -0.15) is 0 Å². The Hall–Kier alpha value is -2.67. The molecule has 0 aliphatic carbocycles. The molecule has 1 aromatic heterocycles. The van der Waals surface area contributed by atoms with Crippen molar-refractivity contribution >= 4 is 29.2 Å². The van der Waals surface area contributed by atoms with E-state index in [2.05, 4.69) is 10.7 Å². The van der Waals surface area contributed by atoms with E-state index in [1.165, 1.54) is 16.9 Å². The van der Waals surface area contributed by atoms with E-state index in [1.807, 2.05) is 0 Å². The van der Waals surface area contributed by atoms with Crippen LogP contribution in [0.1, 0.15) is 20.8 Å². The predicted molar refractivity (Wildman–Crippen MR) is 77.3 cm³/mol. The summed E-state index contributed by atoms with van der Waals surface area (Å²) < 4.78 is 1.22. The Morgan fingerprint density at radius 3 is 2.45 bits per heavy atom. The number of thiocarbonyl (C=S) groups is 1. The number of carbonyl (C=O) groups excluding carboxylic acids is 1. The molecule has 0 spiro atoms. The minimum atomic E-state index is -1.10. The van der Waals surface area contributed by atoms with Crippen molar-refractivity contribution in [2.75, 3.05) is 5.43 Å². The summed E-state index contributed by atoms with van der Waals surface area (Å²) >= 11 is 4.97. The molecule has 1 aromatic carbocycles. The molecule has 0 atom stereocenters. The van der Waals surface area contributed by atoms with E-state index in [4.69, 9.17) is 17.3 Å². The quantitative estimate of drug-likeness (QED) is 0.745. The van der Waals surface area contributed by atoms with Gasteiger partial charge in [-0.05, 0) is 36.5 Å². The first kappa shape index (κ1) is 13.8. The summed E-state index contributed by atoms with van der Waals surface area (Å²) in [6, 6.07) is 11.5. The molecular weight excluding hydrogens is 278 g/mol. The summed E-state index contributed by atoms with van der Waals surface area (Å²) in [6.07, 6.45) is 1.49. The average molecular weight is 289 g/mol. The van der Waals surface area contributed by atoms with Gasteiger partial charge in [-0.3, -0.25) is 20.2 Å². The molecule has 0 unspecified atom stereocenters. The minimum Gasteiger partial charge on any atom is -0.477 e. The molecule has 0 saturated carbocycles. The van der Waals surface area contributed by atoms with Crippen LogP contribution in [0.5, 0.6) is 0 Å². The van der Waals surface area contributed by atoms with Crippen molar-refractivity contribution < 1.29 is 14.7 Å². The van der Waals surface area contributed by atoms with Gasteiger partial charge in [0, 0.05) is 11.8 Å². The first-order chi connectivity index (χ1) is 9.58. The monoisotopic (exact) mass is 289 g/mol. The Morgan fingerprint density at radius 2 is 1.80 bits per heavy atom. The largest absolute Gasteiger partial charge is 0.477 e. The number of carboxylic acid groups (broad SMARTS) is 1. The zero-order valence-electron chi connectivity index (χ0n) is 10.2. The highest BCUT2D eigenvalue weighted by atomic mass is 32.1.